The average Bonchev–Trinajstić information content (AvgIpc) is 3.08. The Morgan fingerprint density at radius 2 is 2.32 bits per heavy atom. The van der Waals surface area contributed by atoms with Gasteiger partial charge in [-0.25, -0.2) is 0 Å². The minimum absolute atomic E-state index is 0.0651. The van der Waals surface area contributed by atoms with Crippen LogP contribution >= 0.6 is 11.8 Å². The van der Waals surface area contributed by atoms with Crippen LogP contribution in [0.4, 0.5) is 0 Å². The van der Waals surface area contributed by atoms with Crippen molar-refractivity contribution >= 4 is 28.6 Å². The Balaban J connectivity index is 1.75. The molecule has 1 aliphatic heterocycles. The number of fused-ring (bicyclic) bond motifs is 1. The Hall–Kier alpha value is -1.46. The minimum Gasteiger partial charge on any atom is -0.361 e. The van der Waals surface area contributed by atoms with Crippen molar-refractivity contribution in [3.8, 4) is 0 Å². The number of nitrogens with zero attached hydrogens (tertiary/aromatic N) is 1. The summed E-state index contributed by atoms with van der Waals surface area (Å²) in [5.41, 5.74) is 8.27. The number of nitrogens with two attached hydrogens (primary N) is 1. The minimum atomic E-state index is -0.446. The molecule has 2 aromatic rings. The highest BCUT2D eigenvalue weighted by Crippen LogP contribution is 2.20. The van der Waals surface area contributed by atoms with Crippen LogP contribution in [0.15, 0.2) is 30.5 Å². The Bertz CT molecular complexity index is 589. The van der Waals surface area contributed by atoms with Gasteiger partial charge in [0, 0.05) is 29.4 Å². The number of carbonyl (C=O) groups is 1. The Kier molecular flexibility index (Phi) is 3.48. The zero-order valence-corrected chi connectivity index (χ0v) is 11.5. The molecule has 0 bridgehead atoms. The van der Waals surface area contributed by atoms with E-state index in [4.69, 9.17) is 5.73 Å². The van der Waals surface area contributed by atoms with E-state index >= 15 is 0 Å². The van der Waals surface area contributed by atoms with Crippen molar-refractivity contribution in [3.63, 3.8) is 0 Å². The Morgan fingerprint density at radius 3 is 3.11 bits per heavy atom. The fourth-order valence-corrected chi connectivity index (χ4v) is 3.40. The second kappa shape index (κ2) is 5.27. The molecule has 0 saturated carbocycles. The lowest BCUT2D eigenvalue weighted by atomic mass is 10.0. The maximum absolute atomic E-state index is 12.2. The molecule has 3 rings (SSSR count). The largest absolute Gasteiger partial charge is 0.361 e. The number of nitrogens with one attached hydrogen (secondary N) is 1. The number of hydrogen-bond acceptors (Lipinski definition) is 3. The van der Waals surface area contributed by atoms with Gasteiger partial charge < -0.3 is 15.6 Å². The molecule has 0 unspecified atom stereocenters. The second-order valence-electron chi connectivity index (χ2n) is 4.81. The van der Waals surface area contributed by atoms with Crippen LogP contribution in [0.2, 0.25) is 0 Å². The first-order chi connectivity index (χ1) is 9.25. The van der Waals surface area contributed by atoms with Crippen molar-refractivity contribution in [3.05, 3.63) is 36.0 Å². The Morgan fingerprint density at radius 1 is 1.47 bits per heavy atom. The van der Waals surface area contributed by atoms with Gasteiger partial charge in [-0.1, -0.05) is 18.2 Å². The molecule has 1 fully saturated rings. The molecule has 1 saturated heterocycles. The van der Waals surface area contributed by atoms with Gasteiger partial charge in [-0.05, 0) is 18.1 Å². The van der Waals surface area contributed by atoms with Crippen molar-refractivity contribution in [2.75, 3.05) is 18.2 Å². The van der Waals surface area contributed by atoms with Gasteiger partial charge in [-0.15, -0.1) is 11.8 Å². The smallest absolute Gasteiger partial charge is 0.240 e. The van der Waals surface area contributed by atoms with E-state index < -0.39 is 6.04 Å². The molecule has 0 spiro atoms. The van der Waals surface area contributed by atoms with E-state index in [1.54, 1.807) is 11.8 Å². The summed E-state index contributed by atoms with van der Waals surface area (Å²) in [6.07, 6.45) is 2.54. The Labute approximate surface area is 116 Å². The molecule has 0 radical (unpaired) electrons. The lowest BCUT2D eigenvalue weighted by molar-refractivity contribution is -0.131. The summed E-state index contributed by atoms with van der Waals surface area (Å²) in [5, 5.41) is 1.15. The molecule has 0 aliphatic carbocycles. The van der Waals surface area contributed by atoms with Crippen LogP contribution in [0.1, 0.15) is 5.56 Å². The number of aromatic amines is 1. The first-order valence-corrected chi connectivity index (χ1v) is 7.58. The van der Waals surface area contributed by atoms with E-state index in [1.165, 1.54) is 0 Å². The van der Waals surface area contributed by atoms with E-state index in [1.807, 2.05) is 29.3 Å². The zero-order chi connectivity index (χ0) is 13.2. The molecular formula is C14H17N3OS. The van der Waals surface area contributed by atoms with Crippen LogP contribution in [0.25, 0.3) is 10.9 Å². The quantitative estimate of drug-likeness (QED) is 0.894. The third-order valence-electron chi connectivity index (χ3n) is 3.50. The lowest BCUT2D eigenvalue weighted by Gasteiger charge is -2.19. The molecule has 3 N–H and O–H groups in total. The van der Waals surface area contributed by atoms with Gasteiger partial charge in [0.15, 0.2) is 0 Å². The maximum atomic E-state index is 12.2. The molecular weight excluding hydrogens is 258 g/mol. The van der Waals surface area contributed by atoms with E-state index in [9.17, 15) is 4.79 Å². The number of amides is 1. The summed E-state index contributed by atoms with van der Waals surface area (Å²) in [6, 6.07) is 7.64. The summed E-state index contributed by atoms with van der Waals surface area (Å²) in [4.78, 5) is 17.3. The fourth-order valence-electron chi connectivity index (χ4n) is 2.45. The summed E-state index contributed by atoms with van der Waals surface area (Å²) in [6.45, 7) is 0.824. The molecule has 1 atom stereocenters. The molecule has 1 amide bonds. The fraction of sp³-hybridized carbons (Fsp3) is 0.357. The van der Waals surface area contributed by atoms with Gasteiger partial charge >= 0.3 is 0 Å². The van der Waals surface area contributed by atoms with Crippen molar-refractivity contribution in [2.45, 2.75) is 12.5 Å². The highest BCUT2D eigenvalue weighted by Gasteiger charge is 2.24. The van der Waals surface area contributed by atoms with Gasteiger partial charge in [0.25, 0.3) is 0 Å². The van der Waals surface area contributed by atoms with Gasteiger partial charge in [0.05, 0.1) is 11.9 Å². The standard InChI is InChI=1S/C14H17N3OS/c15-12(14(18)17-5-6-19-9-17)7-10-8-16-13-4-2-1-3-11(10)13/h1-4,8,12,16H,5-7,9,15H2/t12-/m0/s1. The lowest BCUT2D eigenvalue weighted by Crippen LogP contribution is -2.43. The van der Waals surface area contributed by atoms with Crippen LogP contribution in [0.3, 0.4) is 0 Å². The molecule has 4 nitrogen and oxygen atoms in total. The van der Waals surface area contributed by atoms with E-state index in [0.29, 0.717) is 6.42 Å². The summed E-state index contributed by atoms with van der Waals surface area (Å²) in [5.74, 6) is 1.86. The number of thioether (sulfide) groups is 1. The van der Waals surface area contributed by atoms with Gasteiger partial charge in [-0.2, -0.15) is 0 Å². The average molecular weight is 275 g/mol. The third kappa shape index (κ3) is 2.48. The summed E-state index contributed by atoms with van der Waals surface area (Å²) in [7, 11) is 0. The van der Waals surface area contributed by atoms with Gasteiger partial charge in [-0.3, -0.25) is 4.79 Å². The van der Waals surface area contributed by atoms with Crippen molar-refractivity contribution in [2.24, 2.45) is 5.73 Å². The van der Waals surface area contributed by atoms with E-state index in [0.717, 1.165) is 34.6 Å². The van der Waals surface area contributed by atoms with Crippen LogP contribution in [0, 0.1) is 0 Å². The maximum Gasteiger partial charge on any atom is 0.240 e. The zero-order valence-electron chi connectivity index (χ0n) is 10.6. The van der Waals surface area contributed by atoms with Crippen LogP contribution in [0.5, 0.6) is 0 Å². The summed E-state index contributed by atoms with van der Waals surface area (Å²) >= 11 is 1.78. The number of para-hydroxylation sites is 1. The first kappa shape index (κ1) is 12.6. The first-order valence-electron chi connectivity index (χ1n) is 6.43. The topological polar surface area (TPSA) is 62.1 Å². The predicted molar refractivity (Wildman–Crippen MR) is 79.0 cm³/mol. The number of hydrogen-bond donors (Lipinski definition) is 2. The number of H-pyrrole nitrogens is 1. The predicted octanol–water partition coefficient (Wildman–Crippen LogP) is 1.57. The summed E-state index contributed by atoms with van der Waals surface area (Å²) < 4.78 is 0. The SMILES string of the molecule is N[C@@H](Cc1c[nH]c2ccccc12)C(=O)N1CCSC1. The number of benzene rings is 1. The highest BCUT2D eigenvalue weighted by atomic mass is 32.2. The molecule has 19 heavy (non-hydrogen) atoms. The van der Waals surface area contributed by atoms with Crippen molar-refractivity contribution < 1.29 is 4.79 Å². The number of aromatic nitrogens is 1. The molecule has 1 aromatic heterocycles. The molecule has 1 aliphatic rings. The molecule has 1 aromatic carbocycles. The molecule has 100 valence electrons. The normalized spacial score (nSPS) is 17.0. The monoisotopic (exact) mass is 275 g/mol. The van der Waals surface area contributed by atoms with Crippen LogP contribution < -0.4 is 5.73 Å². The second-order valence-corrected chi connectivity index (χ2v) is 5.88. The number of rotatable bonds is 3. The van der Waals surface area contributed by atoms with E-state index in [2.05, 4.69) is 11.1 Å². The van der Waals surface area contributed by atoms with Crippen molar-refractivity contribution in [1.82, 2.24) is 9.88 Å². The van der Waals surface area contributed by atoms with Crippen LogP contribution in [-0.4, -0.2) is 40.0 Å². The van der Waals surface area contributed by atoms with Crippen molar-refractivity contribution in [1.29, 1.82) is 0 Å². The highest BCUT2D eigenvalue weighted by molar-refractivity contribution is 7.99. The van der Waals surface area contributed by atoms with Gasteiger partial charge in [0.1, 0.15) is 0 Å². The van der Waals surface area contributed by atoms with Gasteiger partial charge in [0.2, 0.25) is 5.91 Å². The van der Waals surface area contributed by atoms with E-state index in [-0.39, 0.29) is 5.91 Å². The molecule has 5 heteroatoms. The third-order valence-corrected chi connectivity index (χ3v) is 4.46. The molecule has 2 heterocycles. The van der Waals surface area contributed by atoms with Crippen LogP contribution in [-0.2, 0) is 11.2 Å². The number of carbonyl (C=O) groups excluding carboxylic acids is 1.